The van der Waals surface area contributed by atoms with Crippen molar-refractivity contribution in [2.75, 3.05) is 51.7 Å². The monoisotopic (exact) mass is 337 g/mol. The average Bonchev–Trinajstić information content (AvgIpc) is 2.64. The fraction of sp³-hybridized carbons (Fsp3) is 0.364. The highest BCUT2D eigenvalue weighted by Gasteiger charge is 2.21. The van der Waals surface area contributed by atoms with Crippen LogP contribution in [0.3, 0.4) is 0 Å². The van der Waals surface area contributed by atoms with E-state index in [0.29, 0.717) is 0 Å². The van der Waals surface area contributed by atoms with Gasteiger partial charge in [-0.3, -0.25) is 0 Å². The fourth-order valence-electron chi connectivity index (χ4n) is 3.46. The molecule has 132 valence electrons. The second kappa shape index (κ2) is 8.84. The normalized spacial score (nSPS) is 20.7. The smallest absolute Gasteiger partial charge is 0.127 e. The molecule has 0 bridgehead atoms. The molecule has 3 heteroatoms. The first-order chi connectivity index (χ1) is 12.2. The Morgan fingerprint density at radius 2 is 1.48 bits per heavy atom. The zero-order chi connectivity index (χ0) is 17.5. The Morgan fingerprint density at radius 1 is 0.840 bits per heavy atom. The van der Waals surface area contributed by atoms with Crippen LogP contribution in [0.4, 0.5) is 5.69 Å². The molecule has 2 aromatic rings. The maximum Gasteiger partial charge on any atom is 0.127 e. The fourth-order valence-corrected chi connectivity index (χ4v) is 3.46. The summed E-state index contributed by atoms with van der Waals surface area (Å²) < 4.78 is 0. The molecule has 1 fully saturated rings. The van der Waals surface area contributed by atoms with Crippen LogP contribution in [0.2, 0.25) is 0 Å². The van der Waals surface area contributed by atoms with E-state index in [4.69, 9.17) is 0 Å². The Bertz CT molecular complexity index is 653. The van der Waals surface area contributed by atoms with Crippen LogP contribution in [0.15, 0.2) is 60.7 Å². The number of nitrogens with one attached hydrogen (secondary N) is 2. The highest BCUT2D eigenvalue weighted by atomic mass is 15.3. The van der Waals surface area contributed by atoms with E-state index in [1.165, 1.54) is 43.0 Å². The van der Waals surface area contributed by atoms with Gasteiger partial charge in [0.25, 0.3) is 0 Å². The van der Waals surface area contributed by atoms with Gasteiger partial charge in [0.2, 0.25) is 0 Å². The highest BCUT2D eigenvalue weighted by molar-refractivity contribution is 5.48. The van der Waals surface area contributed by atoms with Crippen LogP contribution >= 0.6 is 0 Å². The summed E-state index contributed by atoms with van der Waals surface area (Å²) in [5.41, 5.74) is 4.03. The van der Waals surface area contributed by atoms with Crippen molar-refractivity contribution in [1.29, 1.82) is 0 Å². The molecular weight excluding hydrogens is 306 g/mol. The molecule has 25 heavy (non-hydrogen) atoms. The number of benzene rings is 2. The van der Waals surface area contributed by atoms with Crippen LogP contribution in [0.5, 0.6) is 0 Å². The van der Waals surface area contributed by atoms with Crippen LogP contribution in [0, 0.1) is 0 Å². The number of anilines is 1. The molecule has 0 radical (unpaired) electrons. The van der Waals surface area contributed by atoms with Gasteiger partial charge in [-0.25, -0.2) is 0 Å². The van der Waals surface area contributed by atoms with Gasteiger partial charge < -0.3 is 14.7 Å². The lowest BCUT2D eigenvalue weighted by Crippen LogP contribution is -3.27. The number of quaternary nitrogens is 2. The summed E-state index contributed by atoms with van der Waals surface area (Å²) in [4.78, 5) is 5.58. The minimum atomic E-state index is 1.14. The van der Waals surface area contributed by atoms with E-state index in [2.05, 4.69) is 85.7 Å². The van der Waals surface area contributed by atoms with Gasteiger partial charge in [0, 0.05) is 25.3 Å². The van der Waals surface area contributed by atoms with E-state index in [9.17, 15) is 0 Å². The predicted octanol–water partition coefficient (Wildman–Crippen LogP) is 0.749. The van der Waals surface area contributed by atoms with Gasteiger partial charge in [0.15, 0.2) is 0 Å². The van der Waals surface area contributed by atoms with Crippen molar-refractivity contribution in [2.45, 2.75) is 6.54 Å². The summed E-state index contributed by atoms with van der Waals surface area (Å²) in [6.45, 7) is 7.36. The molecule has 3 nitrogen and oxygen atoms in total. The van der Waals surface area contributed by atoms with Gasteiger partial charge in [-0.05, 0) is 23.8 Å². The molecule has 1 saturated heterocycles. The number of nitrogens with zero attached hydrogens (tertiary/aromatic N) is 1. The summed E-state index contributed by atoms with van der Waals surface area (Å²) >= 11 is 0. The van der Waals surface area contributed by atoms with E-state index in [-0.39, 0.29) is 0 Å². The summed E-state index contributed by atoms with van der Waals surface area (Å²) in [5.74, 6) is 0. The topological polar surface area (TPSA) is 12.1 Å². The number of hydrogen-bond donors (Lipinski definition) is 2. The van der Waals surface area contributed by atoms with Crippen molar-refractivity contribution in [1.82, 2.24) is 0 Å². The Hall–Kier alpha value is -2.10. The molecule has 3 rings (SSSR count). The highest BCUT2D eigenvalue weighted by Crippen LogP contribution is 2.11. The molecule has 0 saturated carbocycles. The SMILES string of the molecule is CN(C)c1ccc(C[NH+]2CC[NH+](C/C=C/c3ccccc3)CC2)cc1. The van der Waals surface area contributed by atoms with E-state index in [1.807, 2.05) is 0 Å². The van der Waals surface area contributed by atoms with Gasteiger partial charge in [-0.2, -0.15) is 0 Å². The van der Waals surface area contributed by atoms with Gasteiger partial charge >= 0.3 is 0 Å². The lowest BCUT2D eigenvalue weighted by molar-refractivity contribution is -1.02. The van der Waals surface area contributed by atoms with E-state index < -0.39 is 0 Å². The average molecular weight is 338 g/mol. The van der Waals surface area contributed by atoms with E-state index in [0.717, 1.165) is 13.1 Å². The number of rotatable bonds is 6. The van der Waals surface area contributed by atoms with Crippen LogP contribution < -0.4 is 14.7 Å². The van der Waals surface area contributed by atoms with Crippen LogP contribution in [-0.4, -0.2) is 46.8 Å². The van der Waals surface area contributed by atoms with Crippen LogP contribution in [-0.2, 0) is 6.54 Å². The third-order valence-electron chi connectivity index (χ3n) is 5.09. The zero-order valence-electron chi connectivity index (χ0n) is 15.5. The molecular formula is C22H31N3+2. The van der Waals surface area contributed by atoms with Crippen molar-refractivity contribution >= 4 is 11.8 Å². The van der Waals surface area contributed by atoms with Gasteiger partial charge in [-0.15, -0.1) is 0 Å². The molecule has 1 aliphatic heterocycles. The third kappa shape index (κ3) is 5.45. The molecule has 2 N–H and O–H groups in total. The molecule has 0 atom stereocenters. The molecule has 0 spiro atoms. The maximum absolute atomic E-state index is 2.33. The summed E-state index contributed by atoms with van der Waals surface area (Å²) in [5, 5.41) is 0. The zero-order valence-corrected chi connectivity index (χ0v) is 15.5. The number of hydrogen-bond acceptors (Lipinski definition) is 1. The quantitative estimate of drug-likeness (QED) is 0.793. The molecule has 1 aliphatic rings. The lowest BCUT2D eigenvalue weighted by atomic mass is 10.1. The Labute approximate surface area is 152 Å². The van der Waals surface area contributed by atoms with Gasteiger partial charge in [-0.1, -0.05) is 48.5 Å². The minimum absolute atomic E-state index is 1.14. The van der Waals surface area contributed by atoms with Crippen molar-refractivity contribution < 1.29 is 9.80 Å². The van der Waals surface area contributed by atoms with Gasteiger partial charge in [0.1, 0.15) is 32.7 Å². The second-order valence-electron chi connectivity index (χ2n) is 7.25. The number of piperazine rings is 1. The summed E-state index contributed by atoms with van der Waals surface area (Å²) in [6, 6.07) is 19.6. The minimum Gasteiger partial charge on any atom is -0.378 e. The molecule has 0 unspecified atom stereocenters. The van der Waals surface area contributed by atoms with Crippen molar-refractivity contribution in [3.63, 3.8) is 0 Å². The maximum atomic E-state index is 2.33. The Balaban J connectivity index is 1.42. The van der Waals surface area contributed by atoms with E-state index >= 15 is 0 Å². The molecule has 0 amide bonds. The standard InChI is InChI=1S/C22H29N3/c1-23(2)22-12-10-21(11-13-22)19-25-17-15-24(16-18-25)14-6-9-20-7-4-3-5-8-20/h3-13H,14-19H2,1-2H3/p+2/b9-6+. The van der Waals surface area contributed by atoms with Crippen molar-refractivity contribution in [3.05, 3.63) is 71.8 Å². The lowest BCUT2D eigenvalue weighted by Gasteiger charge is -2.29. The molecule has 2 aromatic carbocycles. The molecule has 0 aliphatic carbocycles. The first kappa shape index (κ1) is 17.7. The first-order valence-corrected chi connectivity index (χ1v) is 9.36. The van der Waals surface area contributed by atoms with Crippen LogP contribution in [0.1, 0.15) is 11.1 Å². The first-order valence-electron chi connectivity index (χ1n) is 9.36. The predicted molar refractivity (Wildman–Crippen MR) is 106 cm³/mol. The molecule has 0 aromatic heterocycles. The summed E-state index contributed by atoms with van der Waals surface area (Å²) in [6.07, 6.45) is 4.58. The van der Waals surface area contributed by atoms with Crippen LogP contribution in [0.25, 0.3) is 6.08 Å². The van der Waals surface area contributed by atoms with Crippen molar-refractivity contribution in [2.24, 2.45) is 0 Å². The van der Waals surface area contributed by atoms with Crippen molar-refractivity contribution in [3.8, 4) is 0 Å². The second-order valence-corrected chi connectivity index (χ2v) is 7.25. The Kier molecular flexibility index (Phi) is 6.26. The molecule has 1 heterocycles. The Morgan fingerprint density at radius 3 is 2.12 bits per heavy atom. The third-order valence-corrected chi connectivity index (χ3v) is 5.09. The largest absolute Gasteiger partial charge is 0.378 e. The van der Waals surface area contributed by atoms with Gasteiger partial charge in [0.05, 0.1) is 6.54 Å². The summed E-state index contributed by atoms with van der Waals surface area (Å²) in [7, 11) is 4.18. The van der Waals surface area contributed by atoms with E-state index in [1.54, 1.807) is 9.80 Å².